The Labute approximate surface area is 118 Å². The minimum absolute atomic E-state index is 0.331. The van der Waals surface area contributed by atoms with Gasteiger partial charge in [-0.15, -0.1) is 0 Å². The quantitative estimate of drug-likeness (QED) is 0.637. The molecule has 1 aromatic rings. The van der Waals surface area contributed by atoms with Crippen LogP contribution >= 0.6 is 0 Å². The van der Waals surface area contributed by atoms with Gasteiger partial charge in [-0.05, 0) is 29.7 Å². The second kappa shape index (κ2) is 7.19. The van der Waals surface area contributed by atoms with E-state index in [-0.39, 0.29) is 5.57 Å². The van der Waals surface area contributed by atoms with Crippen molar-refractivity contribution in [3.05, 3.63) is 29.3 Å². The second-order valence-electron chi connectivity index (χ2n) is 4.59. The minimum atomic E-state index is -1.26. The average Bonchev–Trinajstić information content (AvgIpc) is 2.42. The van der Waals surface area contributed by atoms with E-state index in [2.05, 4.69) is 0 Å². The number of hydrogen-bond donors (Lipinski definition) is 1. The van der Waals surface area contributed by atoms with Crippen LogP contribution in [-0.2, 0) is 4.79 Å². The lowest BCUT2D eigenvalue weighted by molar-refractivity contribution is -0.132. The molecule has 1 N–H and O–H groups in total. The summed E-state index contributed by atoms with van der Waals surface area (Å²) in [5, 5.41) is 17.5. The summed E-state index contributed by atoms with van der Waals surface area (Å²) in [7, 11) is 1.51. The maximum Gasteiger partial charge on any atom is 0.346 e. The number of hydrogen-bond acceptors (Lipinski definition) is 4. The van der Waals surface area contributed by atoms with Crippen LogP contribution in [0, 0.1) is 17.2 Å². The van der Waals surface area contributed by atoms with E-state index in [1.807, 2.05) is 13.8 Å². The Morgan fingerprint density at radius 2 is 2.15 bits per heavy atom. The minimum Gasteiger partial charge on any atom is -0.493 e. The molecule has 0 unspecified atom stereocenters. The predicted octanol–water partition coefficient (Wildman–Crippen LogP) is 2.72. The Balaban J connectivity index is 3.04. The molecule has 0 aliphatic carbocycles. The monoisotopic (exact) mass is 275 g/mol. The number of carboxylic acids is 1. The first-order valence-electron chi connectivity index (χ1n) is 6.13. The molecule has 0 amide bonds. The van der Waals surface area contributed by atoms with Gasteiger partial charge in [0.15, 0.2) is 11.5 Å². The van der Waals surface area contributed by atoms with Crippen LogP contribution < -0.4 is 9.47 Å². The smallest absolute Gasteiger partial charge is 0.346 e. The molecule has 1 aromatic carbocycles. The molecule has 20 heavy (non-hydrogen) atoms. The lowest BCUT2D eigenvalue weighted by Gasteiger charge is -2.12. The molecule has 0 radical (unpaired) electrons. The molecule has 0 heterocycles. The zero-order valence-corrected chi connectivity index (χ0v) is 11.7. The molecule has 0 spiro atoms. The molecule has 0 aromatic heterocycles. The van der Waals surface area contributed by atoms with Crippen LogP contribution in [0.1, 0.15) is 19.4 Å². The predicted molar refractivity (Wildman–Crippen MR) is 74.6 cm³/mol. The summed E-state index contributed by atoms with van der Waals surface area (Å²) >= 11 is 0. The summed E-state index contributed by atoms with van der Waals surface area (Å²) in [6.07, 6.45) is 1.29. The van der Waals surface area contributed by atoms with Gasteiger partial charge in [0.1, 0.15) is 11.6 Å². The molecule has 0 saturated carbocycles. The molecule has 0 aliphatic heterocycles. The number of nitriles is 1. The van der Waals surface area contributed by atoms with Gasteiger partial charge < -0.3 is 14.6 Å². The zero-order chi connectivity index (χ0) is 15.1. The van der Waals surface area contributed by atoms with Gasteiger partial charge in [-0.3, -0.25) is 0 Å². The molecule has 0 saturated heterocycles. The average molecular weight is 275 g/mol. The number of nitrogens with zero attached hydrogens (tertiary/aromatic N) is 1. The van der Waals surface area contributed by atoms with E-state index in [1.54, 1.807) is 24.3 Å². The summed E-state index contributed by atoms with van der Waals surface area (Å²) in [6, 6.07) is 6.64. The Hall–Kier alpha value is -2.48. The van der Waals surface area contributed by atoms with Crippen LogP contribution in [0.2, 0.25) is 0 Å². The Morgan fingerprint density at radius 1 is 1.45 bits per heavy atom. The third kappa shape index (κ3) is 4.32. The molecule has 5 heteroatoms. The lowest BCUT2D eigenvalue weighted by atomic mass is 10.1. The Kier molecular flexibility index (Phi) is 5.60. The van der Waals surface area contributed by atoms with Gasteiger partial charge in [0.2, 0.25) is 0 Å². The van der Waals surface area contributed by atoms with Crippen molar-refractivity contribution in [1.29, 1.82) is 5.26 Å². The highest BCUT2D eigenvalue weighted by Gasteiger charge is 2.09. The summed E-state index contributed by atoms with van der Waals surface area (Å²) < 4.78 is 10.8. The summed E-state index contributed by atoms with van der Waals surface area (Å²) in [5.41, 5.74) is 0.237. The fourth-order valence-electron chi connectivity index (χ4n) is 1.46. The highest BCUT2D eigenvalue weighted by Crippen LogP contribution is 2.29. The van der Waals surface area contributed by atoms with Gasteiger partial charge in [0, 0.05) is 0 Å². The standard InChI is InChI=1S/C15H17NO4/c1-10(2)9-20-13-5-4-11(7-14(13)19-3)6-12(8-16)15(17)18/h4-7,10H,9H2,1-3H3,(H,17,18)/b12-6+. The molecular weight excluding hydrogens is 258 g/mol. The molecular formula is C15H17NO4. The lowest BCUT2D eigenvalue weighted by Crippen LogP contribution is -2.05. The van der Waals surface area contributed by atoms with Crippen molar-refractivity contribution >= 4 is 12.0 Å². The van der Waals surface area contributed by atoms with E-state index in [4.69, 9.17) is 19.8 Å². The van der Waals surface area contributed by atoms with Crippen molar-refractivity contribution in [1.82, 2.24) is 0 Å². The van der Waals surface area contributed by atoms with Crippen molar-refractivity contribution in [3.63, 3.8) is 0 Å². The number of rotatable bonds is 6. The molecule has 0 bridgehead atoms. The molecule has 106 valence electrons. The van der Waals surface area contributed by atoms with E-state index < -0.39 is 5.97 Å². The van der Waals surface area contributed by atoms with Gasteiger partial charge in [-0.1, -0.05) is 19.9 Å². The third-order valence-electron chi connectivity index (χ3n) is 2.42. The van der Waals surface area contributed by atoms with Crippen molar-refractivity contribution in [2.45, 2.75) is 13.8 Å². The molecule has 5 nitrogen and oxygen atoms in total. The van der Waals surface area contributed by atoms with Crippen LogP contribution in [0.4, 0.5) is 0 Å². The number of carbonyl (C=O) groups is 1. The van der Waals surface area contributed by atoms with Gasteiger partial charge in [-0.25, -0.2) is 4.79 Å². The number of benzene rings is 1. The van der Waals surface area contributed by atoms with E-state index in [0.717, 1.165) is 0 Å². The van der Waals surface area contributed by atoms with Crippen molar-refractivity contribution < 1.29 is 19.4 Å². The van der Waals surface area contributed by atoms with Gasteiger partial charge >= 0.3 is 5.97 Å². The highest BCUT2D eigenvalue weighted by atomic mass is 16.5. The van der Waals surface area contributed by atoms with Crippen LogP contribution in [0.25, 0.3) is 6.08 Å². The van der Waals surface area contributed by atoms with Crippen molar-refractivity contribution in [2.24, 2.45) is 5.92 Å². The summed E-state index contributed by atoms with van der Waals surface area (Å²) in [4.78, 5) is 10.8. The molecule has 1 rings (SSSR count). The van der Waals surface area contributed by atoms with E-state index in [1.165, 1.54) is 13.2 Å². The van der Waals surface area contributed by atoms with Gasteiger partial charge in [0.05, 0.1) is 13.7 Å². The summed E-state index contributed by atoms with van der Waals surface area (Å²) in [6.45, 7) is 4.63. The first-order valence-corrected chi connectivity index (χ1v) is 6.13. The zero-order valence-electron chi connectivity index (χ0n) is 11.7. The largest absolute Gasteiger partial charge is 0.493 e. The van der Waals surface area contributed by atoms with E-state index in [9.17, 15) is 4.79 Å². The number of aliphatic carboxylic acids is 1. The van der Waals surface area contributed by atoms with E-state index >= 15 is 0 Å². The Bertz CT molecular complexity index is 555. The first kappa shape index (κ1) is 15.6. The molecule has 0 fully saturated rings. The van der Waals surface area contributed by atoms with Crippen molar-refractivity contribution in [2.75, 3.05) is 13.7 Å². The number of carboxylic acid groups (broad SMARTS) is 1. The van der Waals surface area contributed by atoms with Gasteiger partial charge in [0.25, 0.3) is 0 Å². The fourth-order valence-corrected chi connectivity index (χ4v) is 1.46. The van der Waals surface area contributed by atoms with Crippen molar-refractivity contribution in [3.8, 4) is 17.6 Å². The molecule has 0 atom stereocenters. The maximum absolute atomic E-state index is 10.8. The number of methoxy groups -OCH3 is 1. The van der Waals surface area contributed by atoms with Gasteiger partial charge in [-0.2, -0.15) is 5.26 Å². The van der Waals surface area contributed by atoms with Crippen LogP contribution in [0.15, 0.2) is 23.8 Å². The molecule has 0 aliphatic rings. The second-order valence-corrected chi connectivity index (χ2v) is 4.59. The van der Waals surface area contributed by atoms with Crippen LogP contribution in [0.3, 0.4) is 0 Å². The Morgan fingerprint density at radius 3 is 2.65 bits per heavy atom. The fraction of sp³-hybridized carbons (Fsp3) is 0.333. The first-order chi connectivity index (χ1) is 9.47. The number of ether oxygens (including phenoxy) is 2. The summed E-state index contributed by atoms with van der Waals surface area (Å²) in [5.74, 6) is 0.220. The van der Waals surface area contributed by atoms with E-state index in [0.29, 0.717) is 29.6 Å². The normalized spacial score (nSPS) is 11.1. The maximum atomic E-state index is 10.8. The van der Waals surface area contributed by atoms with Crippen LogP contribution in [-0.4, -0.2) is 24.8 Å². The highest BCUT2D eigenvalue weighted by molar-refractivity contribution is 5.96. The SMILES string of the molecule is COc1cc(/C=C(\C#N)C(=O)O)ccc1OCC(C)C. The van der Waals surface area contributed by atoms with Crippen LogP contribution in [0.5, 0.6) is 11.5 Å². The topological polar surface area (TPSA) is 79.5 Å². The third-order valence-corrected chi connectivity index (χ3v) is 2.42.